The lowest BCUT2D eigenvalue weighted by atomic mass is 9.99. The van der Waals surface area contributed by atoms with Crippen molar-refractivity contribution in [3.05, 3.63) is 108 Å². The van der Waals surface area contributed by atoms with Crippen molar-refractivity contribution in [2.45, 2.75) is 13.8 Å². The van der Waals surface area contributed by atoms with Crippen molar-refractivity contribution < 1.29 is 8.83 Å². The largest absolute Gasteiger partial charge is 0.452 e. The van der Waals surface area contributed by atoms with Gasteiger partial charge in [0.1, 0.15) is 11.2 Å². The second kappa shape index (κ2) is 6.93. The molecule has 0 aliphatic carbocycles. The highest BCUT2D eigenvalue weighted by Gasteiger charge is 2.17. The number of hydrogen-bond donors (Lipinski definition) is 0. The van der Waals surface area contributed by atoms with Crippen LogP contribution in [0, 0.1) is 13.8 Å². The van der Waals surface area contributed by atoms with E-state index in [1.165, 1.54) is 54.2 Å². The van der Waals surface area contributed by atoms with Crippen LogP contribution in [0.25, 0.3) is 87.0 Å². The first kappa shape index (κ1) is 20.3. The summed E-state index contributed by atoms with van der Waals surface area (Å²) in [4.78, 5) is 0. The molecule has 2 aromatic heterocycles. The molecule has 0 saturated carbocycles. The summed E-state index contributed by atoms with van der Waals surface area (Å²) in [6, 6.07) is 35.5. The van der Waals surface area contributed by atoms with Crippen LogP contribution in [0.2, 0.25) is 0 Å². The summed E-state index contributed by atoms with van der Waals surface area (Å²) in [7, 11) is 0. The van der Waals surface area contributed by atoms with Gasteiger partial charge in [0.15, 0.2) is 11.2 Å². The smallest absolute Gasteiger partial charge is 0.178 e. The Morgan fingerprint density at radius 2 is 0.737 bits per heavy atom. The Balaban J connectivity index is 1.33. The van der Waals surface area contributed by atoms with E-state index in [2.05, 4.69) is 111 Å². The Hall–Kier alpha value is -4.82. The summed E-state index contributed by atoms with van der Waals surface area (Å²) >= 11 is 0. The van der Waals surface area contributed by atoms with Crippen molar-refractivity contribution in [3.8, 4) is 0 Å². The monoisotopic (exact) mass is 486 g/mol. The number of rotatable bonds is 0. The third-order valence-corrected chi connectivity index (χ3v) is 8.22. The van der Waals surface area contributed by atoms with Gasteiger partial charge in [-0.25, -0.2) is 0 Å². The third kappa shape index (κ3) is 2.72. The number of benzene rings is 7. The lowest BCUT2D eigenvalue weighted by Gasteiger charge is -2.04. The van der Waals surface area contributed by atoms with E-state index in [0.29, 0.717) is 0 Å². The fourth-order valence-corrected chi connectivity index (χ4v) is 6.30. The second-order valence-electron chi connectivity index (χ2n) is 10.8. The van der Waals surface area contributed by atoms with Crippen LogP contribution in [0.3, 0.4) is 0 Å². The van der Waals surface area contributed by atoms with Gasteiger partial charge in [0.05, 0.1) is 0 Å². The van der Waals surface area contributed by atoms with E-state index >= 15 is 0 Å². The van der Waals surface area contributed by atoms with E-state index in [1.54, 1.807) is 0 Å². The molecule has 9 aromatic rings. The Morgan fingerprint density at radius 3 is 1.21 bits per heavy atom. The highest BCUT2D eigenvalue weighted by molar-refractivity contribution is 6.22. The first-order valence-corrected chi connectivity index (χ1v) is 13.1. The molecule has 0 amide bonds. The molecule has 2 nitrogen and oxygen atoms in total. The molecule has 0 radical (unpaired) electrons. The topological polar surface area (TPSA) is 26.3 Å². The summed E-state index contributed by atoms with van der Waals surface area (Å²) in [6.07, 6.45) is 0. The molecule has 38 heavy (non-hydrogen) atoms. The van der Waals surface area contributed by atoms with Gasteiger partial charge in [0, 0.05) is 21.5 Å². The molecule has 0 fully saturated rings. The van der Waals surface area contributed by atoms with Crippen molar-refractivity contribution in [1.82, 2.24) is 0 Å². The van der Waals surface area contributed by atoms with Gasteiger partial charge < -0.3 is 8.83 Å². The van der Waals surface area contributed by atoms with Crippen molar-refractivity contribution in [1.29, 1.82) is 0 Å². The van der Waals surface area contributed by atoms with Gasteiger partial charge in [0.2, 0.25) is 0 Å². The molecule has 0 spiro atoms. The fraction of sp³-hybridized carbons (Fsp3) is 0.0556. The minimum absolute atomic E-state index is 0.814. The Morgan fingerprint density at radius 1 is 0.342 bits per heavy atom. The number of fused-ring (bicyclic) bond motifs is 11. The number of aryl methyl sites for hydroxylation is 2. The Labute approximate surface area is 217 Å². The quantitative estimate of drug-likeness (QED) is 0.199. The SMILES string of the molecule is Cc1ccc2cc3cc4c(cc3cc2c1)oc1c4ccc2c3cc4cc5ccc(C)cc5cc4cc3oc21. The van der Waals surface area contributed by atoms with Crippen LogP contribution in [0.15, 0.2) is 106 Å². The molecular weight excluding hydrogens is 464 g/mol. The van der Waals surface area contributed by atoms with Crippen LogP contribution >= 0.6 is 0 Å². The maximum Gasteiger partial charge on any atom is 0.178 e. The maximum atomic E-state index is 6.52. The van der Waals surface area contributed by atoms with Crippen LogP contribution in [0.5, 0.6) is 0 Å². The molecule has 7 aromatic carbocycles. The highest BCUT2D eigenvalue weighted by Crippen LogP contribution is 2.41. The predicted octanol–water partition coefficient (Wildman–Crippen LogP) is 10.7. The van der Waals surface area contributed by atoms with E-state index in [-0.39, 0.29) is 0 Å². The molecule has 0 unspecified atom stereocenters. The van der Waals surface area contributed by atoms with E-state index in [9.17, 15) is 0 Å². The van der Waals surface area contributed by atoms with Crippen LogP contribution in [0.1, 0.15) is 11.1 Å². The normalized spacial score (nSPS) is 12.5. The molecule has 9 rings (SSSR count). The molecule has 0 atom stereocenters. The Bertz CT molecular complexity index is 2290. The van der Waals surface area contributed by atoms with Gasteiger partial charge in [0.25, 0.3) is 0 Å². The minimum atomic E-state index is 0.814. The first-order chi connectivity index (χ1) is 18.6. The fourth-order valence-electron chi connectivity index (χ4n) is 6.30. The Kier molecular flexibility index (Phi) is 3.70. The molecule has 0 aliphatic heterocycles. The molecule has 178 valence electrons. The molecule has 0 saturated heterocycles. The molecule has 2 heteroatoms. The standard InChI is InChI=1S/C36H22O2/c1-19-3-5-21-11-25-15-31-29-7-8-30-32-16-26-12-22-6-4-20(2)10-24(22)14-28(26)18-34(32)38-36(30)35(29)37-33(31)17-27(25)13-23(21)9-19/h3-18H,1-2H3. The zero-order chi connectivity index (χ0) is 25.1. The second-order valence-corrected chi connectivity index (χ2v) is 10.8. The van der Waals surface area contributed by atoms with Gasteiger partial charge in [-0.15, -0.1) is 0 Å². The van der Waals surface area contributed by atoms with Gasteiger partial charge in [-0.1, -0.05) is 47.5 Å². The third-order valence-electron chi connectivity index (χ3n) is 8.22. The van der Waals surface area contributed by atoms with Crippen LogP contribution in [0.4, 0.5) is 0 Å². The minimum Gasteiger partial charge on any atom is -0.452 e. The summed E-state index contributed by atoms with van der Waals surface area (Å²) in [5.41, 5.74) is 5.94. The van der Waals surface area contributed by atoms with E-state index < -0.39 is 0 Å². The molecular formula is C36H22O2. The number of furan rings is 2. The molecule has 0 bridgehead atoms. The summed E-state index contributed by atoms with van der Waals surface area (Å²) in [5.74, 6) is 0. The van der Waals surface area contributed by atoms with Gasteiger partial charge in [-0.3, -0.25) is 0 Å². The number of hydrogen-bond acceptors (Lipinski definition) is 2. The molecule has 0 N–H and O–H groups in total. The summed E-state index contributed by atoms with van der Waals surface area (Å²) < 4.78 is 13.0. The van der Waals surface area contributed by atoms with Crippen LogP contribution < -0.4 is 0 Å². The summed E-state index contributed by atoms with van der Waals surface area (Å²) in [5, 5.41) is 14.2. The van der Waals surface area contributed by atoms with Crippen molar-refractivity contribution in [2.24, 2.45) is 0 Å². The zero-order valence-corrected chi connectivity index (χ0v) is 21.1. The van der Waals surface area contributed by atoms with E-state index in [0.717, 1.165) is 43.9 Å². The van der Waals surface area contributed by atoms with Gasteiger partial charge in [-0.05, 0) is 118 Å². The van der Waals surface area contributed by atoms with Crippen molar-refractivity contribution in [2.75, 3.05) is 0 Å². The van der Waals surface area contributed by atoms with E-state index in [4.69, 9.17) is 8.83 Å². The van der Waals surface area contributed by atoms with Gasteiger partial charge in [-0.2, -0.15) is 0 Å². The molecule has 0 aliphatic rings. The van der Waals surface area contributed by atoms with Crippen molar-refractivity contribution in [3.63, 3.8) is 0 Å². The molecule has 2 heterocycles. The zero-order valence-electron chi connectivity index (χ0n) is 21.1. The lowest BCUT2D eigenvalue weighted by molar-refractivity contribution is 0.634. The van der Waals surface area contributed by atoms with E-state index in [1.807, 2.05) is 0 Å². The highest BCUT2D eigenvalue weighted by atomic mass is 16.4. The first-order valence-electron chi connectivity index (χ1n) is 13.1. The van der Waals surface area contributed by atoms with Crippen LogP contribution in [-0.2, 0) is 0 Å². The van der Waals surface area contributed by atoms with Crippen LogP contribution in [-0.4, -0.2) is 0 Å². The van der Waals surface area contributed by atoms with Crippen molar-refractivity contribution >= 4 is 87.0 Å². The predicted molar refractivity (Wildman–Crippen MR) is 160 cm³/mol. The lowest BCUT2D eigenvalue weighted by Crippen LogP contribution is -1.79. The van der Waals surface area contributed by atoms with Gasteiger partial charge >= 0.3 is 0 Å². The average Bonchev–Trinajstić information content (AvgIpc) is 3.45. The summed E-state index contributed by atoms with van der Waals surface area (Å²) in [6.45, 7) is 4.27. The average molecular weight is 487 g/mol. The maximum absolute atomic E-state index is 6.52.